The predicted octanol–water partition coefficient (Wildman–Crippen LogP) is 15.4. The van der Waals surface area contributed by atoms with Gasteiger partial charge in [0.05, 0.1) is 27.5 Å². The van der Waals surface area contributed by atoms with Crippen molar-refractivity contribution in [3.8, 4) is 56.7 Å². The predicted molar refractivity (Wildman–Crippen MR) is 282 cm³/mol. The lowest BCUT2D eigenvalue weighted by molar-refractivity contribution is 0.770. The Labute approximate surface area is 398 Å². The van der Waals surface area contributed by atoms with Crippen LogP contribution in [0.25, 0.3) is 100 Å². The Morgan fingerprint density at radius 2 is 0.652 bits per heavy atom. The molecule has 0 radical (unpaired) electrons. The molecule has 3 aromatic heterocycles. The molecule has 0 fully saturated rings. The highest BCUT2D eigenvalue weighted by molar-refractivity contribution is 6.15. The van der Waals surface area contributed by atoms with Gasteiger partial charge in [0.2, 0.25) is 0 Å². The van der Waals surface area contributed by atoms with E-state index in [1.54, 1.807) is 0 Å². The molecule has 0 bridgehead atoms. The molecule has 0 spiro atoms. The Hall–Kier alpha value is -9.19. The van der Waals surface area contributed by atoms with Crippen molar-refractivity contribution in [1.29, 1.82) is 0 Å². The molecular formula is C64H41N5. The first kappa shape index (κ1) is 39.0. The molecule has 69 heavy (non-hydrogen) atoms. The van der Waals surface area contributed by atoms with Crippen molar-refractivity contribution in [3.63, 3.8) is 0 Å². The minimum atomic E-state index is -0.623. The minimum Gasteiger partial charge on any atom is -0.309 e. The molecule has 322 valence electrons. The molecule has 3 heterocycles. The van der Waals surface area contributed by atoms with Gasteiger partial charge in [0.15, 0.2) is 17.5 Å². The number of benzene rings is 10. The lowest BCUT2D eigenvalue weighted by atomic mass is 9.67. The summed E-state index contributed by atoms with van der Waals surface area (Å²) in [6.45, 7) is 0. The number of rotatable bonds is 7. The summed E-state index contributed by atoms with van der Waals surface area (Å²) in [5, 5.41) is 4.88. The topological polar surface area (TPSA) is 48.5 Å². The summed E-state index contributed by atoms with van der Waals surface area (Å²) in [7, 11) is 0. The number of para-hydroxylation sites is 3. The molecule has 0 atom stereocenters. The van der Waals surface area contributed by atoms with E-state index in [1.165, 1.54) is 66.0 Å². The lowest BCUT2D eigenvalue weighted by Crippen LogP contribution is -2.28. The minimum absolute atomic E-state index is 0.623. The number of nitrogens with zero attached hydrogens (tertiary/aromatic N) is 5. The van der Waals surface area contributed by atoms with Gasteiger partial charge >= 0.3 is 0 Å². The second-order valence-corrected chi connectivity index (χ2v) is 17.9. The van der Waals surface area contributed by atoms with Gasteiger partial charge in [0.1, 0.15) is 0 Å². The van der Waals surface area contributed by atoms with E-state index >= 15 is 0 Å². The van der Waals surface area contributed by atoms with Crippen LogP contribution >= 0.6 is 0 Å². The average molecular weight is 880 g/mol. The van der Waals surface area contributed by atoms with Crippen molar-refractivity contribution in [3.05, 3.63) is 271 Å². The normalized spacial score (nSPS) is 12.8. The molecule has 5 heteroatoms. The van der Waals surface area contributed by atoms with Gasteiger partial charge in [0, 0.05) is 49.6 Å². The first-order valence-electron chi connectivity index (χ1n) is 23.5. The van der Waals surface area contributed by atoms with Gasteiger partial charge in [-0.05, 0) is 106 Å². The van der Waals surface area contributed by atoms with Crippen LogP contribution in [-0.4, -0.2) is 24.1 Å². The molecular weight excluding hydrogens is 839 g/mol. The van der Waals surface area contributed by atoms with E-state index in [0.717, 1.165) is 39.1 Å². The van der Waals surface area contributed by atoms with Crippen molar-refractivity contribution in [1.82, 2.24) is 24.1 Å². The van der Waals surface area contributed by atoms with E-state index in [2.05, 4.69) is 197 Å². The zero-order chi connectivity index (χ0) is 45.5. The SMILES string of the molecule is c1ccc(-c2nc(-c3ccccc3)nc(-c3ccc(-n4c5ccccc5c5cc6c(cc54)C(c4ccccc4)(c4ccccc4)c4cc5c7ccccc7n(-c7ccccc7)c5cc4-6)cc3)n2)cc1. The fourth-order valence-electron chi connectivity index (χ4n) is 11.2. The Bertz CT molecular complexity index is 3990. The summed E-state index contributed by atoms with van der Waals surface area (Å²) >= 11 is 0. The third kappa shape index (κ3) is 5.94. The Balaban J connectivity index is 1.02. The van der Waals surface area contributed by atoms with E-state index in [9.17, 15) is 0 Å². The van der Waals surface area contributed by atoms with Gasteiger partial charge in [0.25, 0.3) is 0 Å². The van der Waals surface area contributed by atoms with Crippen LogP contribution in [0.3, 0.4) is 0 Å². The number of hydrogen-bond donors (Lipinski definition) is 0. The van der Waals surface area contributed by atoms with Crippen LogP contribution in [0, 0.1) is 0 Å². The molecule has 0 amide bonds. The van der Waals surface area contributed by atoms with Gasteiger partial charge in [-0.1, -0.05) is 176 Å². The summed E-state index contributed by atoms with van der Waals surface area (Å²) in [5.41, 5.74) is 16.6. The first-order chi connectivity index (χ1) is 34.2. The molecule has 0 saturated heterocycles. The van der Waals surface area contributed by atoms with Crippen molar-refractivity contribution < 1.29 is 0 Å². The standard InChI is InChI=1S/C64H41N5/c1-6-20-42(21-7-1)61-65-62(43-22-8-2-9-23-43)67-63(66-61)44-34-36-48(37-35-44)69-57-32-18-16-30-49(57)53-38-51-52-40-59-54(50-31-17-19-33-58(50)68(59)47-28-14-5-15-29-47)39-55(52)64(56(51)41-60(53)69,45-24-10-3-11-25-45)46-26-12-4-13-27-46/h1-41H. The van der Waals surface area contributed by atoms with Crippen LogP contribution < -0.4 is 0 Å². The molecule has 14 rings (SSSR count). The van der Waals surface area contributed by atoms with Crippen molar-refractivity contribution >= 4 is 43.6 Å². The molecule has 10 aromatic carbocycles. The largest absolute Gasteiger partial charge is 0.309 e. The quantitative estimate of drug-likeness (QED) is 0.160. The Kier molecular flexibility index (Phi) is 8.73. The van der Waals surface area contributed by atoms with Crippen molar-refractivity contribution in [2.75, 3.05) is 0 Å². The van der Waals surface area contributed by atoms with Crippen LogP contribution in [0.5, 0.6) is 0 Å². The van der Waals surface area contributed by atoms with Crippen LogP contribution in [-0.2, 0) is 5.41 Å². The van der Waals surface area contributed by atoms with Gasteiger partial charge in [-0.25, -0.2) is 15.0 Å². The van der Waals surface area contributed by atoms with Crippen LogP contribution in [0.2, 0.25) is 0 Å². The van der Waals surface area contributed by atoms with E-state index in [4.69, 9.17) is 15.0 Å². The van der Waals surface area contributed by atoms with Gasteiger partial charge in [-0.2, -0.15) is 0 Å². The van der Waals surface area contributed by atoms with Crippen molar-refractivity contribution in [2.24, 2.45) is 0 Å². The van der Waals surface area contributed by atoms with E-state index in [-0.39, 0.29) is 0 Å². The smallest absolute Gasteiger partial charge is 0.164 e. The fourth-order valence-corrected chi connectivity index (χ4v) is 11.2. The van der Waals surface area contributed by atoms with Crippen LogP contribution in [0.1, 0.15) is 22.3 Å². The second kappa shape index (κ2) is 15.4. The van der Waals surface area contributed by atoms with Crippen molar-refractivity contribution in [2.45, 2.75) is 5.41 Å². The monoisotopic (exact) mass is 879 g/mol. The Morgan fingerprint density at radius 1 is 0.275 bits per heavy atom. The highest BCUT2D eigenvalue weighted by Crippen LogP contribution is 2.59. The molecule has 5 nitrogen and oxygen atoms in total. The number of fused-ring (bicyclic) bond motifs is 9. The highest BCUT2D eigenvalue weighted by Gasteiger charge is 2.47. The maximum atomic E-state index is 5.05. The van der Waals surface area contributed by atoms with Gasteiger partial charge < -0.3 is 9.13 Å². The second-order valence-electron chi connectivity index (χ2n) is 17.9. The molecule has 13 aromatic rings. The molecule has 0 N–H and O–H groups in total. The molecule has 1 aliphatic rings. The summed E-state index contributed by atoms with van der Waals surface area (Å²) in [5.74, 6) is 1.91. The van der Waals surface area contributed by atoms with Crippen LogP contribution in [0.15, 0.2) is 249 Å². The molecule has 0 saturated carbocycles. The van der Waals surface area contributed by atoms with E-state index in [0.29, 0.717) is 17.5 Å². The van der Waals surface area contributed by atoms with Gasteiger partial charge in [-0.15, -0.1) is 0 Å². The lowest BCUT2D eigenvalue weighted by Gasteiger charge is -2.34. The third-order valence-corrected chi connectivity index (χ3v) is 14.2. The maximum Gasteiger partial charge on any atom is 0.164 e. The number of aromatic nitrogens is 5. The fraction of sp³-hybridized carbons (Fsp3) is 0.0156. The zero-order valence-electron chi connectivity index (χ0n) is 37.4. The van der Waals surface area contributed by atoms with Gasteiger partial charge in [-0.3, -0.25) is 0 Å². The summed E-state index contributed by atoms with van der Waals surface area (Å²) in [4.78, 5) is 15.0. The third-order valence-electron chi connectivity index (χ3n) is 14.2. The maximum absolute atomic E-state index is 5.05. The molecule has 0 aliphatic heterocycles. The summed E-state index contributed by atoms with van der Waals surface area (Å²) in [6.07, 6.45) is 0. The highest BCUT2D eigenvalue weighted by atomic mass is 15.0. The first-order valence-corrected chi connectivity index (χ1v) is 23.5. The number of hydrogen-bond acceptors (Lipinski definition) is 3. The molecule has 0 unspecified atom stereocenters. The average Bonchev–Trinajstić information content (AvgIpc) is 4.04. The Morgan fingerprint density at radius 3 is 1.17 bits per heavy atom. The summed E-state index contributed by atoms with van der Waals surface area (Å²) < 4.78 is 4.87. The van der Waals surface area contributed by atoms with E-state index < -0.39 is 5.41 Å². The zero-order valence-corrected chi connectivity index (χ0v) is 37.4. The van der Waals surface area contributed by atoms with Crippen LogP contribution in [0.4, 0.5) is 0 Å². The van der Waals surface area contributed by atoms with E-state index in [1.807, 2.05) is 60.7 Å². The molecule has 1 aliphatic carbocycles. The summed E-state index contributed by atoms with van der Waals surface area (Å²) in [6, 6.07) is 89.6.